The molecule has 1 heterocycles. The van der Waals surface area contributed by atoms with Crippen molar-refractivity contribution in [1.82, 2.24) is 4.98 Å². The maximum Gasteiger partial charge on any atom is 0.106 e. The van der Waals surface area contributed by atoms with Crippen molar-refractivity contribution in [2.45, 2.75) is 31.3 Å². The van der Waals surface area contributed by atoms with Gasteiger partial charge in [0.25, 0.3) is 0 Å². The number of benzene rings is 1. The second kappa shape index (κ2) is 4.91. The Morgan fingerprint density at radius 2 is 1.94 bits per heavy atom. The van der Waals surface area contributed by atoms with E-state index in [2.05, 4.69) is 17.1 Å². The monoisotopic (exact) mass is 239 g/mol. The van der Waals surface area contributed by atoms with Crippen LogP contribution in [0.15, 0.2) is 48.8 Å². The van der Waals surface area contributed by atoms with Crippen LogP contribution < -0.4 is 0 Å². The number of aliphatic hydroxyl groups excluding tert-OH is 1. The van der Waals surface area contributed by atoms with E-state index in [9.17, 15) is 5.11 Å². The van der Waals surface area contributed by atoms with E-state index in [4.69, 9.17) is 0 Å². The lowest BCUT2D eigenvalue weighted by atomic mass is 9.79. The smallest absolute Gasteiger partial charge is 0.106 e. The highest BCUT2D eigenvalue weighted by molar-refractivity contribution is 5.33. The molecule has 3 rings (SSSR count). The van der Waals surface area contributed by atoms with Crippen molar-refractivity contribution in [2.24, 2.45) is 0 Å². The molecule has 2 nitrogen and oxygen atoms in total. The minimum Gasteiger partial charge on any atom is -0.384 e. The molecule has 1 aromatic heterocycles. The third-order valence-electron chi connectivity index (χ3n) is 3.80. The molecule has 0 amide bonds. The molecule has 1 N–H and O–H groups in total. The minimum atomic E-state index is -0.571. The van der Waals surface area contributed by atoms with Crippen molar-refractivity contribution in [3.8, 4) is 0 Å². The first-order valence-corrected chi connectivity index (χ1v) is 6.52. The molecule has 0 bridgehead atoms. The molecular formula is C16H17NO. The van der Waals surface area contributed by atoms with Gasteiger partial charge in [0.2, 0.25) is 0 Å². The van der Waals surface area contributed by atoms with Crippen LogP contribution in [-0.4, -0.2) is 10.1 Å². The zero-order valence-electron chi connectivity index (χ0n) is 10.3. The largest absolute Gasteiger partial charge is 0.384 e. The van der Waals surface area contributed by atoms with Crippen LogP contribution in [0.3, 0.4) is 0 Å². The molecule has 1 saturated carbocycles. The summed E-state index contributed by atoms with van der Waals surface area (Å²) in [5.74, 6) is 0.700. The van der Waals surface area contributed by atoms with Crippen molar-refractivity contribution in [3.63, 3.8) is 0 Å². The molecule has 0 saturated heterocycles. The summed E-state index contributed by atoms with van der Waals surface area (Å²) in [5, 5.41) is 10.3. The van der Waals surface area contributed by atoms with E-state index >= 15 is 0 Å². The van der Waals surface area contributed by atoms with Gasteiger partial charge in [-0.15, -0.1) is 0 Å². The van der Waals surface area contributed by atoms with Crippen LogP contribution in [0, 0.1) is 0 Å². The van der Waals surface area contributed by atoms with Gasteiger partial charge in [0.15, 0.2) is 0 Å². The van der Waals surface area contributed by atoms with Gasteiger partial charge < -0.3 is 5.11 Å². The fourth-order valence-electron chi connectivity index (χ4n) is 2.45. The van der Waals surface area contributed by atoms with E-state index < -0.39 is 6.10 Å². The average molecular weight is 239 g/mol. The SMILES string of the molecule is OC(c1cccnc1)c1cccc(C2CCC2)c1. The molecule has 0 spiro atoms. The zero-order valence-corrected chi connectivity index (χ0v) is 10.3. The molecule has 1 atom stereocenters. The van der Waals surface area contributed by atoms with Gasteiger partial charge in [-0.25, -0.2) is 0 Å². The summed E-state index contributed by atoms with van der Waals surface area (Å²) in [6.45, 7) is 0. The first kappa shape index (κ1) is 11.4. The Labute approximate surface area is 107 Å². The highest BCUT2D eigenvalue weighted by atomic mass is 16.3. The Morgan fingerprint density at radius 3 is 2.61 bits per heavy atom. The second-order valence-corrected chi connectivity index (χ2v) is 4.99. The Balaban J connectivity index is 1.87. The molecule has 1 fully saturated rings. The average Bonchev–Trinajstić information content (AvgIpc) is 2.37. The third-order valence-corrected chi connectivity index (χ3v) is 3.80. The van der Waals surface area contributed by atoms with Crippen LogP contribution in [0.5, 0.6) is 0 Å². The lowest BCUT2D eigenvalue weighted by Crippen LogP contribution is -2.09. The zero-order chi connectivity index (χ0) is 12.4. The van der Waals surface area contributed by atoms with Crippen molar-refractivity contribution in [1.29, 1.82) is 0 Å². The number of pyridine rings is 1. The summed E-state index contributed by atoms with van der Waals surface area (Å²) in [4.78, 5) is 4.06. The van der Waals surface area contributed by atoms with Crippen LogP contribution >= 0.6 is 0 Å². The Kier molecular flexibility index (Phi) is 3.11. The maximum absolute atomic E-state index is 10.3. The second-order valence-electron chi connectivity index (χ2n) is 4.99. The van der Waals surface area contributed by atoms with E-state index in [0.29, 0.717) is 5.92 Å². The van der Waals surface area contributed by atoms with E-state index in [1.165, 1.54) is 24.8 Å². The molecule has 1 aliphatic rings. The molecule has 2 heteroatoms. The van der Waals surface area contributed by atoms with E-state index in [-0.39, 0.29) is 0 Å². The summed E-state index contributed by atoms with van der Waals surface area (Å²) in [6.07, 6.45) is 6.78. The van der Waals surface area contributed by atoms with Crippen molar-refractivity contribution in [3.05, 3.63) is 65.5 Å². The number of rotatable bonds is 3. The molecule has 0 radical (unpaired) electrons. The normalized spacial score (nSPS) is 17.2. The number of hydrogen-bond acceptors (Lipinski definition) is 2. The lowest BCUT2D eigenvalue weighted by molar-refractivity contribution is 0.219. The van der Waals surface area contributed by atoms with Crippen molar-refractivity contribution >= 4 is 0 Å². The molecule has 1 aromatic carbocycles. The van der Waals surface area contributed by atoms with Gasteiger partial charge in [0.1, 0.15) is 6.10 Å². The number of nitrogens with zero attached hydrogens (tertiary/aromatic N) is 1. The lowest BCUT2D eigenvalue weighted by Gasteiger charge is -2.26. The molecule has 1 unspecified atom stereocenters. The number of aromatic nitrogens is 1. The molecule has 2 aromatic rings. The van der Waals surface area contributed by atoms with E-state index in [0.717, 1.165) is 11.1 Å². The topological polar surface area (TPSA) is 33.1 Å². The van der Waals surface area contributed by atoms with Gasteiger partial charge in [-0.1, -0.05) is 36.8 Å². The predicted octanol–water partition coefficient (Wildman–Crippen LogP) is 3.43. The third kappa shape index (κ3) is 2.16. The summed E-state index contributed by atoms with van der Waals surface area (Å²) in [7, 11) is 0. The first-order chi connectivity index (χ1) is 8.84. The molecule has 0 aliphatic heterocycles. The highest BCUT2D eigenvalue weighted by Crippen LogP contribution is 2.37. The fraction of sp³-hybridized carbons (Fsp3) is 0.312. The predicted molar refractivity (Wildman–Crippen MR) is 71.3 cm³/mol. The summed E-state index contributed by atoms with van der Waals surface area (Å²) in [6, 6.07) is 12.1. The van der Waals surface area contributed by atoms with Crippen LogP contribution in [0.25, 0.3) is 0 Å². The molecule has 18 heavy (non-hydrogen) atoms. The van der Waals surface area contributed by atoms with Gasteiger partial charge in [0.05, 0.1) is 0 Å². The van der Waals surface area contributed by atoms with Crippen LogP contribution in [0.4, 0.5) is 0 Å². The Hall–Kier alpha value is -1.67. The van der Waals surface area contributed by atoms with Crippen LogP contribution in [0.1, 0.15) is 48.0 Å². The summed E-state index contributed by atoms with van der Waals surface area (Å²) < 4.78 is 0. The first-order valence-electron chi connectivity index (χ1n) is 6.52. The van der Waals surface area contributed by atoms with Crippen molar-refractivity contribution < 1.29 is 5.11 Å². The fourth-order valence-corrected chi connectivity index (χ4v) is 2.45. The summed E-state index contributed by atoms with van der Waals surface area (Å²) in [5.41, 5.74) is 3.18. The van der Waals surface area contributed by atoms with Crippen LogP contribution in [-0.2, 0) is 0 Å². The molecule has 1 aliphatic carbocycles. The Bertz CT molecular complexity index is 520. The van der Waals surface area contributed by atoms with Gasteiger partial charge in [0, 0.05) is 18.0 Å². The number of aliphatic hydroxyl groups is 1. The van der Waals surface area contributed by atoms with Gasteiger partial charge in [-0.05, 0) is 36.0 Å². The van der Waals surface area contributed by atoms with E-state index in [1.54, 1.807) is 12.4 Å². The van der Waals surface area contributed by atoms with Crippen molar-refractivity contribution in [2.75, 3.05) is 0 Å². The number of hydrogen-bond donors (Lipinski definition) is 1. The van der Waals surface area contributed by atoms with Gasteiger partial charge >= 0.3 is 0 Å². The van der Waals surface area contributed by atoms with Crippen LogP contribution in [0.2, 0.25) is 0 Å². The highest BCUT2D eigenvalue weighted by Gasteiger charge is 2.20. The quantitative estimate of drug-likeness (QED) is 0.890. The summed E-state index contributed by atoms with van der Waals surface area (Å²) >= 11 is 0. The maximum atomic E-state index is 10.3. The van der Waals surface area contributed by atoms with Gasteiger partial charge in [-0.2, -0.15) is 0 Å². The molecule has 92 valence electrons. The molecular weight excluding hydrogens is 222 g/mol. The van der Waals surface area contributed by atoms with E-state index in [1.807, 2.05) is 24.3 Å². The minimum absolute atomic E-state index is 0.571. The standard InChI is InChI=1S/C16H17NO/c18-16(15-8-3-9-17-11-15)14-7-2-6-13(10-14)12-4-1-5-12/h2-3,6-12,16,18H,1,4-5H2. The Morgan fingerprint density at radius 1 is 1.11 bits per heavy atom. The van der Waals surface area contributed by atoms with Gasteiger partial charge in [-0.3, -0.25) is 4.98 Å².